The van der Waals surface area contributed by atoms with Crippen molar-refractivity contribution < 1.29 is 15.0 Å². The zero-order valence-electron chi connectivity index (χ0n) is 13.7. The summed E-state index contributed by atoms with van der Waals surface area (Å²) in [6.07, 6.45) is 0.909. The Morgan fingerprint density at radius 2 is 1.84 bits per heavy atom. The summed E-state index contributed by atoms with van der Waals surface area (Å²) < 4.78 is 0. The highest BCUT2D eigenvalue weighted by Crippen LogP contribution is 2.26. The zero-order chi connectivity index (χ0) is 18.0. The average Bonchev–Trinajstić information content (AvgIpc) is 2.58. The molecule has 3 aromatic rings. The van der Waals surface area contributed by atoms with Crippen molar-refractivity contribution in [2.45, 2.75) is 19.9 Å². The number of rotatable bonds is 5. The summed E-state index contributed by atoms with van der Waals surface area (Å²) >= 11 is 6.13. The smallest absolute Gasteiger partial charge is 0.339 e. The highest BCUT2D eigenvalue weighted by Gasteiger charge is 2.11. The number of aryl methyl sites for hydroxylation is 1. The molecule has 5 heteroatoms. The summed E-state index contributed by atoms with van der Waals surface area (Å²) in [6.45, 7) is 2.66. The van der Waals surface area contributed by atoms with E-state index >= 15 is 0 Å². The third-order valence-corrected chi connectivity index (χ3v) is 4.33. The minimum Gasteiger partial charge on any atom is -0.507 e. The van der Waals surface area contributed by atoms with Gasteiger partial charge in [-0.25, -0.2) is 4.79 Å². The zero-order valence-corrected chi connectivity index (χ0v) is 14.5. The first-order chi connectivity index (χ1) is 12.0. The maximum Gasteiger partial charge on any atom is 0.339 e. The van der Waals surface area contributed by atoms with Crippen molar-refractivity contribution in [3.8, 4) is 5.75 Å². The van der Waals surface area contributed by atoms with Crippen LogP contribution in [0.3, 0.4) is 0 Å². The Morgan fingerprint density at radius 1 is 1.04 bits per heavy atom. The molecule has 0 saturated heterocycles. The molecule has 0 amide bonds. The molecular formula is C20H18ClNO3. The van der Waals surface area contributed by atoms with Gasteiger partial charge in [-0.1, -0.05) is 30.7 Å². The first kappa shape index (κ1) is 17.1. The predicted molar refractivity (Wildman–Crippen MR) is 101 cm³/mol. The molecule has 0 unspecified atom stereocenters. The lowest BCUT2D eigenvalue weighted by molar-refractivity contribution is 0.0694. The van der Waals surface area contributed by atoms with Crippen molar-refractivity contribution in [3.63, 3.8) is 0 Å². The summed E-state index contributed by atoms with van der Waals surface area (Å²) in [4.78, 5) is 11.2. The van der Waals surface area contributed by atoms with E-state index in [9.17, 15) is 9.90 Å². The van der Waals surface area contributed by atoms with Crippen LogP contribution in [0.4, 0.5) is 5.69 Å². The molecule has 0 aliphatic rings. The van der Waals surface area contributed by atoms with Crippen molar-refractivity contribution in [3.05, 3.63) is 70.2 Å². The molecule has 3 N–H and O–H groups in total. The van der Waals surface area contributed by atoms with E-state index in [1.807, 2.05) is 30.3 Å². The maximum absolute atomic E-state index is 11.2. The summed E-state index contributed by atoms with van der Waals surface area (Å²) in [7, 11) is 0. The second kappa shape index (κ2) is 7.03. The lowest BCUT2D eigenvalue weighted by atomic mass is 10.0. The molecule has 128 valence electrons. The molecule has 0 aliphatic carbocycles. The highest BCUT2D eigenvalue weighted by atomic mass is 35.5. The van der Waals surface area contributed by atoms with Crippen LogP contribution in [0.1, 0.15) is 28.4 Å². The molecule has 3 rings (SSSR count). The second-order valence-electron chi connectivity index (χ2n) is 5.91. The fourth-order valence-electron chi connectivity index (χ4n) is 2.78. The Kier molecular flexibility index (Phi) is 4.81. The van der Waals surface area contributed by atoms with Crippen LogP contribution in [-0.2, 0) is 13.0 Å². The Hall–Kier alpha value is -2.72. The van der Waals surface area contributed by atoms with Gasteiger partial charge in [-0.3, -0.25) is 0 Å². The quantitative estimate of drug-likeness (QED) is 0.597. The number of nitrogens with one attached hydrogen (secondary N) is 1. The van der Waals surface area contributed by atoms with Crippen molar-refractivity contribution in [1.82, 2.24) is 0 Å². The highest BCUT2D eigenvalue weighted by molar-refractivity contribution is 6.30. The van der Waals surface area contributed by atoms with E-state index in [0.717, 1.165) is 34.0 Å². The molecule has 4 nitrogen and oxygen atoms in total. The number of phenols is 1. The number of aromatic hydroxyl groups is 1. The Morgan fingerprint density at radius 3 is 2.56 bits per heavy atom. The number of benzene rings is 3. The maximum atomic E-state index is 11.2. The molecular weight excluding hydrogens is 338 g/mol. The number of hydrogen-bond acceptors (Lipinski definition) is 3. The van der Waals surface area contributed by atoms with Gasteiger partial charge in [0.2, 0.25) is 0 Å². The van der Waals surface area contributed by atoms with E-state index in [-0.39, 0.29) is 11.3 Å². The van der Waals surface area contributed by atoms with Crippen LogP contribution in [-0.4, -0.2) is 16.2 Å². The topological polar surface area (TPSA) is 69.6 Å². The normalized spacial score (nSPS) is 10.8. The van der Waals surface area contributed by atoms with Crippen molar-refractivity contribution in [1.29, 1.82) is 0 Å². The van der Waals surface area contributed by atoms with Gasteiger partial charge in [-0.15, -0.1) is 0 Å². The Balaban J connectivity index is 1.85. The lowest BCUT2D eigenvalue weighted by Gasteiger charge is -2.10. The molecule has 0 aliphatic heterocycles. The first-order valence-corrected chi connectivity index (χ1v) is 8.36. The minimum atomic E-state index is -1.14. The van der Waals surface area contributed by atoms with Crippen LogP contribution < -0.4 is 5.32 Å². The van der Waals surface area contributed by atoms with Crippen LogP contribution in [0, 0.1) is 0 Å². The summed E-state index contributed by atoms with van der Waals surface area (Å²) in [5, 5.41) is 24.5. The molecule has 0 saturated carbocycles. The molecule has 3 aromatic carbocycles. The largest absolute Gasteiger partial charge is 0.507 e. The number of aromatic carboxylic acids is 1. The summed E-state index contributed by atoms with van der Waals surface area (Å²) in [5.74, 6) is -1.37. The Bertz CT molecular complexity index is 953. The van der Waals surface area contributed by atoms with E-state index in [4.69, 9.17) is 16.7 Å². The Labute approximate surface area is 150 Å². The van der Waals surface area contributed by atoms with Gasteiger partial charge in [0.1, 0.15) is 11.3 Å². The number of carboxylic acids is 1. The third kappa shape index (κ3) is 3.86. The van der Waals surface area contributed by atoms with Gasteiger partial charge < -0.3 is 15.5 Å². The summed E-state index contributed by atoms with van der Waals surface area (Å²) in [5.41, 5.74) is 3.02. The molecule has 0 heterocycles. The van der Waals surface area contributed by atoms with Gasteiger partial charge in [-0.2, -0.15) is 0 Å². The van der Waals surface area contributed by atoms with Crippen LogP contribution in [0.2, 0.25) is 5.02 Å². The van der Waals surface area contributed by atoms with Crippen molar-refractivity contribution in [2.24, 2.45) is 0 Å². The fraction of sp³-hybridized carbons (Fsp3) is 0.150. The molecule has 0 atom stereocenters. The van der Waals surface area contributed by atoms with E-state index < -0.39 is 5.97 Å². The van der Waals surface area contributed by atoms with Crippen LogP contribution in [0.5, 0.6) is 5.75 Å². The van der Waals surface area contributed by atoms with E-state index in [1.165, 1.54) is 12.1 Å². The summed E-state index contributed by atoms with van der Waals surface area (Å²) in [6, 6.07) is 14.6. The molecule has 0 spiro atoms. The minimum absolute atomic E-state index is 0.0972. The van der Waals surface area contributed by atoms with Gasteiger partial charge in [0, 0.05) is 17.3 Å². The molecule has 0 aromatic heterocycles. The SMILES string of the molecule is CCc1cc(Cl)cc(NCc2ccc3cc(O)c(C(=O)O)cc3c2)c1. The molecule has 25 heavy (non-hydrogen) atoms. The standard InChI is InChI=1S/C20H18ClNO3/c1-2-12-6-16(21)10-17(7-12)22-11-13-3-4-14-9-19(23)18(20(24)25)8-15(14)5-13/h3-10,22-23H,2,11H2,1H3,(H,24,25). The fourth-order valence-corrected chi connectivity index (χ4v) is 3.03. The third-order valence-electron chi connectivity index (χ3n) is 4.11. The number of carboxylic acid groups (broad SMARTS) is 1. The lowest BCUT2D eigenvalue weighted by Crippen LogP contribution is -2.00. The number of carbonyl (C=O) groups is 1. The van der Waals surface area contributed by atoms with Crippen molar-refractivity contribution >= 4 is 34.0 Å². The number of hydrogen-bond donors (Lipinski definition) is 3. The second-order valence-corrected chi connectivity index (χ2v) is 6.35. The number of anilines is 1. The van der Waals surface area contributed by atoms with E-state index in [0.29, 0.717) is 11.6 Å². The number of halogens is 1. The molecule has 0 fully saturated rings. The van der Waals surface area contributed by atoms with Crippen LogP contribution in [0.25, 0.3) is 10.8 Å². The van der Waals surface area contributed by atoms with Gasteiger partial charge in [0.15, 0.2) is 0 Å². The first-order valence-electron chi connectivity index (χ1n) is 7.98. The van der Waals surface area contributed by atoms with Gasteiger partial charge in [0.25, 0.3) is 0 Å². The number of fused-ring (bicyclic) bond motifs is 1. The van der Waals surface area contributed by atoms with E-state index in [1.54, 1.807) is 0 Å². The van der Waals surface area contributed by atoms with Gasteiger partial charge in [-0.05, 0) is 64.7 Å². The molecule has 0 bridgehead atoms. The predicted octanol–water partition coefficient (Wildman–Crippen LogP) is 5.07. The van der Waals surface area contributed by atoms with Crippen LogP contribution >= 0.6 is 11.6 Å². The monoisotopic (exact) mass is 355 g/mol. The van der Waals surface area contributed by atoms with Gasteiger partial charge >= 0.3 is 5.97 Å². The average molecular weight is 356 g/mol. The van der Waals surface area contributed by atoms with Gasteiger partial charge in [0.05, 0.1) is 0 Å². The van der Waals surface area contributed by atoms with Crippen molar-refractivity contribution in [2.75, 3.05) is 5.32 Å². The molecule has 0 radical (unpaired) electrons. The van der Waals surface area contributed by atoms with Crippen LogP contribution in [0.15, 0.2) is 48.5 Å². The van der Waals surface area contributed by atoms with E-state index in [2.05, 4.69) is 18.3 Å².